The second kappa shape index (κ2) is 19.3. The molecule has 4 nitrogen and oxygen atoms in total. The first-order chi connectivity index (χ1) is 17.2. The first-order valence-electron chi connectivity index (χ1n) is 13.9. The molecule has 0 saturated carbocycles. The smallest absolute Gasteiger partial charge is 0.286 e. The molecule has 0 fully saturated rings. The lowest BCUT2D eigenvalue weighted by Crippen LogP contribution is -2.23. The number of benzene rings is 1. The van der Waals surface area contributed by atoms with Crippen LogP contribution in [0, 0.1) is 0 Å². The van der Waals surface area contributed by atoms with Crippen molar-refractivity contribution in [1.29, 1.82) is 0 Å². The molecule has 0 aliphatic rings. The molecular formula is C30H46ClNO3. The maximum absolute atomic E-state index is 12.3. The Bertz CT molecular complexity index is 787. The van der Waals surface area contributed by atoms with E-state index in [-0.39, 0.29) is 12.5 Å². The molecule has 0 saturated heterocycles. The summed E-state index contributed by atoms with van der Waals surface area (Å²) in [6.07, 6.45) is 21.6. The van der Waals surface area contributed by atoms with Crippen molar-refractivity contribution in [3.05, 3.63) is 52.9 Å². The molecule has 1 aromatic heterocycles. The lowest BCUT2D eigenvalue weighted by molar-refractivity contribution is 0.0921. The SMILES string of the molecule is CCCCCCCCCCCCCCCCCCNC(=O)c1ccc(COc2ccc(Cl)cc2)o1. The first kappa shape index (κ1) is 29.3. The van der Waals surface area contributed by atoms with E-state index in [1.807, 2.05) is 0 Å². The van der Waals surface area contributed by atoms with Gasteiger partial charge in [-0.3, -0.25) is 4.79 Å². The Balaban J connectivity index is 1.38. The van der Waals surface area contributed by atoms with Gasteiger partial charge in [0.2, 0.25) is 0 Å². The zero-order valence-corrected chi connectivity index (χ0v) is 22.6. The van der Waals surface area contributed by atoms with Crippen LogP contribution in [0.1, 0.15) is 126 Å². The van der Waals surface area contributed by atoms with E-state index in [1.165, 1.54) is 89.9 Å². The summed E-state index contributed by atoms with van der Waals surface area (Å²) >= 11 is 5.87. The Kier molecular flexibility index (Phi) is 16.1. The van der Waals surface area contributed by atoms with E-state index < -0.39 is 0 Å². The van der Waals surface area contributed by atoms with Crippen molar-refractivity contribution in [2.24, 2.45) is 0 Å². The molecule has 1 aromatic carbocycles. The van der Waals surface area contributed by atoms with Crippen molar-refractivity contribution in [1.82, 2.24) is 5.32 Å². The highest BCUT2D eigenvalue weighted by atomic mass is 35.5. The Labute approximate surface area is 218 Å². The zero-order chi connectivity index (χ0) is 25.0. The van der Waals surface area contributed by atoms with Crippen LogP contribution in [0.4, 0.5) is 0 Å². The van der Waals surface area contributed by atoms with Crippen molar-refractivity contribution in [3.8, 4) is 5.75 Å². The number of rotatable bonds is 21. The van der Waals surface area contributed by atoms with Crippen molar-refractivity contribution in [2.75, 3.05) is 6.54 Å². The molecule has 196 valence electrons. The Morgan fingerprint density at radius 1 is 0.743 bits per heavy atom. The lowest BCUT2D eigenvalue weighted by Gasteiger charge is -2.05. The Morgan fingerprint density at radius 2 is 1.26 bits per heavy atom. The van der Waals surface area contributed by atoms with E-state index in [2.05, 4.69) is 12.2 Å². The van der Waals surface area contributed by atoms with Crippen LogP contribution >= 0.6 is 11.6 Å². The van der Waals surface area contributed by atoms with E-state index in [9.17, 15) is 4.79 Å². The van der Waals surface area contributed by atoms with Crippen LogP contribution in [-0.4, -0.2) is 12.5 Å². The molecule has 2 aromatic rings. The van der Waals surface area contributed by atoms with E-state index in [0.29, 0.717) is 28.8 Å². The Hall–Kier alpha value is -1.94. The second-order valence-electron chi connectivity index (χ2n) is 9.57. The largest absolute Gasteiger partial charge is 0.486 e. The molecule has 1 amide bonds. The molecule has 1 heterocycles. The summed E-state index contributed by atoms with van der Waals surface area (Å²) < 4.78 is 11.3. The molecule has 35 heavy (non-hydrogen) atoms. The van der Waals surface area contributed by atoms with Crippen LogP contribution in [0.15, 0.2) is 40.8 Å². The van der Waals surface area contributed by atoms with E-state index in [1.54, 1.807) is 36.4 Å². The highest BCUT2D eigenvalue weighted by Gasteiger charge is 2.11. The number of nitrogens with one attached hydrogen (secondary N) is 1. The predicted molar refractivity (Wildman–Crippen MR) is 146 cm³/mol. The number of carbonyl (C=O) groups is 1. The fraction of sp³-hybridized carbons (Fsp3) is 0.633. The number of ether oxygens (including phenoxy) is 1. The van der Waals surface area contributed by atoms with Crippen LogP contribution in [0.2, 0.25) is 5.02 Å². The number of hydrogen-bond acceptors (Lipinski definition) is 3. The summed E-state index contributed by atoms with van der Waals surface area (Å²) in [7, 11) is 0. The predicted octanol–water partition coefficient (Wildman–Crippen LogP) is 9.50. The quantitative estimate of drug-likeness (QED) is 0.172. The third-order valence-corrected chi connectivity index (χ3v) is 6.65. The highest BCUT2D eigenvalue weighted by molar-refractivity contribution is 6.30. The van der Waals surface area contributed by atoms with Crippen molar-refractivity contribution in [2.45, 2.75) is 116 Å². The zero-order valence-electron chi connectivity index (χ0n) is 21.8. The number of carbonyl (C=O) groups excluding carboxylic acids is 1. The lowest BCUT2D eigenvalue weighted by atomic mass is 10.0. The maximum Gasteiger partial charge on any atom is 0.286 e. The average Bonchev–Trinajstić information content (AvgIpc) is 3.35. The standard InChI is InChI=1S/C30H46ClNO3/c1-2-3-4-5-6-7-8-9-10-11-12-13-14-15-16-17-24-32-30(33)29-23-22-28(35-29)25-34-27-20-18-26(31)19-21-27/h18-23H,2-17,24-25H2,1H3,(H,32,33). The minimum atomic E-state index is -0.163. The average molecular weight is 504 g/mol. The fourth-order valence-corrected chi connectivity index (χ4v) is 4.35. The minimum Gasteiger partial charge on any atom is -0.486 e. The van der Waals surface area contributed by atoms with Gasteiger partial charge in [0.05, 0.1) is 0 Å². The first-order valence-corrected chi connectivity index (χ1v) is 14.3. The number of furan rings is 1. The Morgan fingerprint density at radius 3 is 1.80 bits per heavy atom. The third-order valence-electron chi connectivity index (χ3n) is 6.40. The van der Waals surface area contributed by atoms with E-state index >= 15 is 0 Å². The van der Waals surface area contributed by atoms with Crippen LogP contribution in [0.5, 0.6) is 5.75 Å². The number of amides is 1. The molecule has 0 aliphatic carbocycles. The van der Waals surface area contributed by atoms with Gasteiger partial charge in [0.15, 0.2) is 5.76 Å². The van der Waals surface area contributed by atoms with Gasteiger partial charge in [0.25, 0.3) is 5.91 Å². The van der Waals surface area contributed by atoms with Gasteiger partial charge in [-0.05, 0) is 42.8 Å². The maximum atomic E-state index is 12.3. The number of hydrogen-bond donors (Lipinski definition) is 1. The molecule has 2 rings (SSSR count). The van der Waals surface area contributed by atoms with Crippen LogP contribution in [0.25, 0.3) is 0 Å². The van der Waals surface area contributed by atoms with Gasteiger partial charge < -0.3 is 14.5 Å². The van der Waals surface area contributed by atoms with Gasteiger partial charge >= 0.3 is 0 Å². The summed E-state index contributed by atoms with van der Waals surface area (Å²) in [5.41, 5.74) is 0. The minimum absolute atomic E-state index is 0.163. The second-order valence-corrected chi connectivity index (χ2v) is 10.0. The van der Waals surface area contributed by atoms with Crippen molar-refractivity contribution >= 4 is 17.5 Å². The van der Waals surface area contributed by atoms with Gasteiger partial charge in [0, 0.05) is 11.6 Å². The highest BCUT2D eigenvalue weighted by Crippen LogP contribution is 2.18. The number of unbranched alkanes of at least 4 members (excludes halogenated alkanes) is 15. The topological polar surface area (TPSA) is 51.5 Å². The molecule has 0 spiro atoms. The third kappa shape index (κ3) is 14.3. The molecule has 0 bridgehead atoms. The molecule has 0 atom stereocenters. The molecule has 5 heteroatoms. The summed E-state index contributed by atoms with van der Waals surface area (Å²) in [4.78, 5) is 12.3. The van der Waals surface area contributed by atoms with Crippen molar-refractivity contribution < 1.29 is 13.9 Å². The van der Waals surface area contributed by atoms with Gasteiger partial charge in [-0.15, -0.1) is 0 Å². The summed E-state index contributed by atoms with van der Waals surface area (Å²) in [6, 6.07) is 10.6. The van der Waals surface area contributed by atoms with Gasteiger partial charge in [0.1, 0.15) is 18.1 Å². The van der Waals surface area contributed by atoms with E-state index in [0.717, 1.165) is 12.8 Å². The van der Waals surface area contributed by atoms with Crippen molar-refractivity contribution in [3.63, 3.8) is 0 Å². The molecule has 0 unspecified atom stereocenters. The van der Waals surface area contributed by atoms with Crippen LogP contribution in [-0.2, 0) is 6.61 Å². The van der Waals surface area contributed by atoms with E-state index in [4.69, 9.17) is 20.8 Å². The summed E-state index contributed by atoms with van der Waals surface area (Å²) in [6.45, 7) is 3.24. The van der Waals surface area contributed by atoms with Gasteiger partial charge in [-0.25, -0.2) is 0 Å². The van der Waals surface area contributed by atoms with Crippen LogP contribution in [0.3, 0.4) is 0 Å². The molecule has 0 aliphatic heterocycles. The van der Waals surface area contributed by atoms with Gasteiger partial charge in [-0.2, -0.15) is 0 Å². The fourth-order valence-electron chi connectivity index (χ4n) is 4.22. The summed E-state index contributed by atoms with van der Waals surface area (Å²) in [5, 5.41) is 3.62. The van der Waals surface area contributed by atoms with Crippen LogP contribution < -0.4 is 10.1 Å². The summed E-state index contributed by atoms with van der Waals surface area (Å²) in [5.74, 6) is 1.49. The number of halogens is 1. The monoisotopic (exact) mass is 503 g/mol. The molecule has 1 N–H and O–H groups in total. The van der Waals surface area contributed by atoms with Gasteiger partial charge in [-0.1, -0.05) is 115 Å². The normalized spacial score (nSPS) is 11.0. The molecule has 0 radical (unpaired) electrons. The molecular weight excluding hydrogens is 458 g/mol.